The fourth-order valence-electron chi connectivity index (χ4n) is 2.34. The summed E-state index contributed by atoms with van der Waals surface area (Å²) in [5.41, 5.74) is 5.64. The summed E-state index contributed by atoms with van der Waals surface area (Å²) >= 11 is 0. The maximum Gasteiger partial charge on any atom is 0.240 e. The average Bonchev–Trinajstić information content (AvgIpc) is 2.89. The zero-order chi connectivity index (χ0) is 11.0. The van der Waals surface area contributed by atoms with Crippen molar-refractivity contribution in [1.82, 2.24) is 4.90 Å². The van der Waals surface area contributed by atoms with Crippen LogP contribution in [0.4, 0.5) is 0 Å². The van der Waals surface area contributed by atoms with Crippen LogP contribution in [0.1, 0.15) is 19.3 Å². The van der Waals surface area contributed by atoms with Gasteiger partial charge in [0, 0.05) is 12.6 Å². The Kier molecular flexibility index (Phi) is 2.63. The van der Waals surface area contributed by atoms with Crippen molar-refractivity contribution >= 4 is 5.91 Å². The molecule has 1 heterocycles. The number of aliphatic hydroxyl groups excluding tert-OH is 1. The van der Waals surface area contributed by atoms with E-state index in [1.165, 1.54) is 0 Å². The first kappa shape index (κ1) is 10.4. The summed E-state index contributed by atoms with van der Waals surface area (Å²) < 4.78 is 0. The molecule has 1 aliphatic heterocycles. The average molecular weight is 209 g/mol. The maximum atomic E-state index is 11.9. The van der Waals surface area contributed by atoms with Crippen molar-refractivity contribution in [3.8, 4) is 6.07 Å². The quantitative estimate of drug-likeness (QED) is 0.637. The highest BCUT2D eigenvalue weighted by Gasteiger charge is 2.54. The molecule has 1 saturated heterocycles. The molecule has 15 heavy (non-hydrogen) atoms. The van der Waals surface area contributed by atoms with Crippen LogP contribution in [0.5, 0.6) is 0 Å². The molecule has 0 bridgehead atoms. The minimum absolute atomic E-state index is 0.0912. The Labute approximate surface area is 88.5 Å². The van der Waals surface area contributed by atoms with Crippen molar-refractivity contribution in [2.45, 2.75) is 37.4 Å². The number of amides is 1. The molecule has 2 rings (SSSR count). The minimum Gasteiger partial charge on any atom is -0.396 e. The van der Waals surface area contributed by atoms with Gasteiger partial charge in [-0.2, -0.15) is 5.26 Å². The normalized spacial score (nSPS) is 34.5. The van der Waals surface area contributed by atoms with E-state index in [1.54, 1.807) is 4.90 Å². The van der Waals surface area contributed by atoms with Crippen LogP contribution in [0.25, 0.3) is 0 Å². The first-order valence-electron chi connectivity index (χ1n) is 5.27. The summed E-state index contributed by atoms with van der Waals surface area (Å²) in [7, 11) is 0. The Morgan fingerprint density at radius 2 is 2.40 bits per heavy atom. The van der Waals surface area contributed by atoms with Gasteiger partial charge in [-0.25, -0.2) is 0 Å². The summed E-state index contributed by atoms with van der Waals surface area (Å²) in [6.45, 7) is -0.0912. The first-order valence-corrected chi connectivity index (χ1v) is 5.27. The Hall–Kier alpha value is -1.12. The number of hydrogen-bond donors (Lipinski definition) is 2. The molecule has 1 aliphatic carbocycles. The molecule has 0 aromatic rings. The zero-order valence-electron chi connectivity index (χ0n) is 8.47. The highest BCUT2D eigenvalue weighted by atomic mass is 16.3. The molecule has 4 atom stereocenters. The van der Waals surface area contributed by atoms with E-state index in [9.17, 15) is 4.79 Å². The third kappa shape index (κ3) is 1.71. The molecule has 5 nitrogen and oxygen atoms in total. The predicted octanol–water partition coefficient (Wildman–Crippen LogP) is -0.791. The third-order valence-electron chi connectivity index (χ3n) is 3.27. The smallest absolute Gasteiger partial charge is 0.240 e. The number of hydrogen-bond acceptors (Lipinski definition) is 4. The molecule has 82 valence electrons. The van der Waals surface area contributed by atoms with Crippen molar-refractivity contribution in [2.24, 2.45) is 11.7 Å². The van der Waals surface area contributed by atoms with E-state index in [1.807, 2.05) is 0 Å². The van der Waals surface area contributed by atoms with E-state index in [0.717, 1.165) is 12.8 Å². The Morgan fingerprint density at radius 1 is 1.67 bits per heavy atom. The maximum absolute atomic E-state index is 11.9. The second-order valence-electron chi connectivity index (χ2n) is 4.31. The van der Waals surface area contributed by atoms with Crippen LogP contribution >= 0.6 is 0 Å². The number of rotatable bonds is 3. The van der Waals surface area contributed by atoms with Gasteiger partial charge in [0.2, 0.25) is 5.91 Å². The van der Waals surface area contributed by atoms with Gasteiger partial charge in [-0.3, -0.25) is 4.79 Å². The predicted molar refractivity (Wildman–Crippen MR) is 52.4 cm³/mol. The summed E-state index contributed by atoms with van der Waals surface area (Å²) in [6.07, 6.45) is 2.07. The van der Waals surface area contributed by atoms with Gasteiger partial charge < -0.3 is 15.7 Å². The third-order valence-corrected chi connectivity index (χ3v) is 3.27. The Bertz CT molecular complexity index is 312. The lowest BCUT2D eigenvalue weighted by molar-refractivity contribution is -0.133. The summed E-state index contributed by atoms with van der Waals surface area (Å²) in [5, 5.41) is 17.6. The first-order chi connectivity index (χ1) is 7.19. The van der Waals surface area contributed by atoms with E-state index in [-0.39, 0.29) is 31.0 Å². The molecular formula is C10H15N3O2. The molecule has 0 spiro atoms. The Balaban J connectivity index is 2.03. The number of nitriles is 1. The van der Waals surface area contributed by atoms with Crippen molar-refractivity contribution in [1.29, 1.82) is 5.26 Å². The number of piperidine rings is 1. The summed E-state index contributed by atoms with van der Waals surface area (Å²) in [6, 6.07) is 1.42. The fraction of sp³-hybridized carbons (Fsp3) is 0.800. The number of nitrogens with zero attached hydrogens (tertiary/aromatic N) is 2. The van der Waals surface area contributed by atoms with E-state index >= 15 is 0 Å². The second-order valence-corrected chi connectivity index (χ2v) is 4.31. The zero-order valence-corrected chi connectivity index (χ0v) is 8.47. The monoisotopic (exact) mass is 209 g/mol. The van der Waals surface area contributed by atoms with Gasteiger partial charge in [0.1, 0.15) is 6.04 Å². The summed E-state index contributed by atoms with van der Waals surface area (Å²) in [4.78, 5) is 13.5. The van der Waals surface area contributed by atoms with Crippen LogP contribution in [0.15, 0.2) is 0 Å². The largest absolute Gasteiger partial charge is 0.396 e. The van der Waals surface area contributed by atoms with E-state index < -0.39 is 6.04 Å². The molecule has 5 heteroatoms. The molecule has 0 aromatic heterocycles. The number of carbonyl (C=O) groups is 1. The van der Waals surface area contributed by atoms with Crippen LogP contribution in [0.2, 0.25) is 0 Å². The van der Waals surface area contributed by atoms with Crippen LogP contribution < -0.4 is 5.73 Å². The van der Waals surface area contributed by atoms with Crippen molar-refractivity contribution in [3.05, 3.63) is 0 Å². The van der Waals surface area contributed by atoms with Gasteiger partial charge in [-0.1, -0.05) is 0 Å². The van der Waals surface area contributed by atoms with Crippen LogP contribution in [-0.2, 0) is 4.79 Å². The second kappa shape index (κ2) is 3.80. The highest BCUT2D eigenvalue weighted by molar-refractivity contribution is 5.83. The minimum atomic E-state index is -0.662. The van der Waals surface area contributed by atoms with E-state index in [4.69, 9.17) is 16.1 Å². The van der Waals surface area contributed by atoms with E-state index in [2.05, 4.69) is 6.07 Å². The standard InChI is InChI=1S/C10H15N3O2/c11-5-7-3-6-4-9(6)13(7)10(15)8(12)1-2-14/h6-9,14H,1-4,12H2/t6-,7?,8?,9+/m1/s1. The van der Waals surface area contributed by atoms with Crippen molar-refractivity contribution in [2.75, 3.05) is 6.61 Å². The lowest BCUT2D eigenvalue weighted by Gasteiger charge is -2.25. The topological polar surface area (TPSA) is 90.4 Å². The number of fused-ring (bicyclic) bond motifs is 1. The molecule has 0 aromatic carbocycles. The number of likely N-dealkylation sites (tertiary alicyclic amines) is 1. The van der Waals surface area contributed by atoms with Crippen LogP contribution in [-0.4, -0.2) is 40.6 Å². The number of aliphatic hydroxyl groups is 1. The van der Waals surface area contributed by atoms with Gasteiger partial charge in [-0.15, -0.1) is 0 Å². The lowest BCUT2D eigenvalue weighted by atomic mass is 10.1. The number of nitrogens with two attached hydrogens (primary N) is 1. The lowest BCUT2D eigenvalue weighted by Crippen LogP contribution is -2.47. The van der Waals surface area contributed by atoms with Crippen LogP contribution in [0.3, 0.4) is 0 Å². The molecule has 3 N–H and O–H groups in total. The fourth-order valence-corrected chi connectivity index (χ4v) is 2.34. The highest BCUT2D eigenvalue weighted by Crippen LogP contribution is 2.47. The molecule has 0 radical (unpaired) electrons. The van der Waals surface area contributed by atoms with Gasteiger partial charge in [0.05, 0.1) is 12.1 Å². The van der Waals surface area contributed by atoms with Crippen molar-refractivity contribution < 1.29 is 9.90 Å². The van der Waals surface area contributed by atoms with Crippen molar-refractivity contribution in [3.63, 3.8) is 0 Å². The molecule has 2 fully saturated rings. The molecule has 2 aliphatic rings. The van der Waals surface area contributed by atoms with Gasteiger partial charge in [0.15, 0.2) is 0 Å². The SMILES string of the molecule is N#CC1C[C@@H]2C[C@@H]2N1C(=O)C(N)CCO. The molecule has 1 amide bonds. The summed E-state index contributed by atoms with van der Waals surface area (Å²) in [5.74, 6) is 0.334. The molecule has 2 unspecified atom stereocenters. The molecular weight excluding hydrogens is 194 g/mol. The van der Waals surface area contributed by atoms with E-state index in [0.29, 0.717) is 5.92 Å². The van der Waals surface area contributed by atoms with Gasteiger partial charge in [-0.05, 0) is 25.2 Å². The number of carbonyl (C=O) groups excluding carboxylic acids is 1. The Morgan fingerprint density at radius 3 is 3.00 bits per heavy atom. The van der Waals surface area contributed by atoms with Gasteiger partial charge in [0.25, 0.3) is 0 Å². The van der Waals surface area contributed by atoms with Gasteiger partial charge >= 0.3 is 0 Å². The molecule has 1 saturated carbocycles. The van der Waals surface area contributed by atoms with Crippen LogP contribution in [0, 0.1) is 17.2 Å².